The highest BCUT2D eigenvalue weighted by Crippen LogP contribution is 2.16. The van der Waals surface area contributed by atoms with Gasteiger partial charge in [0.05, 0.1) is 17.2 Å². The smallest absolute Gasteiger partial charge is 0.191 e. The van der Waals surface area contributed by atoms with Gasteiger partial charge in [-0.25, -0.2) is 9.37 Å². The third kappa shape index (κ3) is 5.53. The number of guanidine groups is 1. The summed E-state index contributed by atoms with van der Waals surface area (Å²) in [5.41, 5.74) is 2.06. The van der Waals surface area contributed by atoms with Gasteiger partial charge in [-0.3, -0.25) is 4.99 Å². The Morgan fingerprint density at radius 3 is 2.36 bits per heavy atom. The Morgan fingerprint density at radius 2 is 1.82 bits per heavy atom. The molecule has 0 saturated carbocycles. The summed E-state index contributed by atoms with van der Waals surface area (Å²) in [5, 5.41) is 7.53. The van der Waals surface area contributed by atoms with Crippen LogP contribution in [0.3, 0.4) is 0 Å². The third-order valence-corrected chi connectivity index (χ3v) is 4.09. The zero-order valence-electron chi connectivity index (χ0n) is 12.8. The molecule has 0 radical (unpaired) electrons. The molecule has 22 heavy (non-hydrogen) atoms. The summed E-state index contributed by atoms with van der Waals surface area (Å²) in [6.45, 7) is 5.30. The van der Waals surface area contributed by atoms with Gasteiger partial charge < -0.3 is 10.6 Å². The van der Waals surface area contributed by atoms with Crippen molar-refractivity contribution in [2.75, 3.05) is 7.05 Å². The number of benzene rings is 1. The van der Waals surface area contributed by atoms with Crippen LogP contribution in [0.15, 0.2) is 29.3 Å². The first-order valence-corrected chi connectivity index (χ1v) is 7.52. The summed E-state index contributed by atoms with van der Waals surface area (Å²) in [4.78, 5) is 9.78. The minimum atomic E-state index is -0.225. The second kappa shape index (κ2) is 9.04. The van der Waals surface area contributed by atoms with Crippen molar-refractivity contribution in [3.8, 4) is 0 Å². The van der Waals surface area contributed by atoms with Crippen molar-refractivity contribution in [2.24, 2.45) is 4.99 Å². The van der Waals surface area contributed by atoms with Crippen molar-refractivity contribution in [3.05, 3.63) is 51.2 Å². The second-order valence-electron chi connectivity index (χ2n) is 4.65. The number of rotatable bonds is 4. The van der Waals surface area contributed by atoms with Crippen molar-refractivity contribution in [1.82, 2.24) is 15.6 Å². The number of nitrogens with zero attached hydrogens (tertiary/aromatic N) is 2. The predicted octanol–water partition coefficient (Wildman–Crippen LogP) is 3.38. The number of thiazole rings is 1. The molecule has 1 heterocycles. The van der Waals surface area contributed by atoms with E-state index in [1.54, 1.807) is 30.5 Å². The van der Waals surface area contributed by atoms with E-state index in [4.69, 9.17) is 0 Å². The molecule has 2 N–H and O–H groups in total. The molecule has 7 heteroatoms. The molecular formula is C15H20FIN4S. The van der Waals surface area contributed by atoms with Gasteiger partial charge in [-0.1, -0.05) is 12.1 Å². The SMILES string of the molecule is CN=C(NCc1ccc(F)cc1)NCc1sc(C)nc1C.I. The minimum Gasteiger partial charge on any atom is -0.352 e. The van der Waals surface area contributed by atoms with Crippen molar-refractivity contribution in [2.45, 2.75) is 26.9 Å². The first-order chi connectivity index (χ1) is 10.1. The highest BCUT2D eigenvalue weighted by molar-refractivity contribution is 14.0. The molecule has 4 nitrogen and oxygen atoms in total. The van der Waals surface area contributed by atoms with Crippen LogP contribution in [0.5, 0.6) is 0 Å². The fraction of sp³-hybridized carbons (Fsp3) is 0.333. The molecule has 0 unspecified atom stereocenters. The average molecular weight is 434 g/mol. The number of halogens is 2. The Labute approximate surface area is 151 Å². The van der Waals surface area contributed by atoms with E-state index in [1.807, 2.05) is 13.8 Å². The van der Waals surface area contributed by atoms with Crippen LogP contribution in [-0.4, -0.2) is 18.0 Å². The van der Waals surface area contributed by atoms with Crippen LogP contribution in [-0.2, 0) is 13.1 Å². The molecule has 0 amide bonds. The Bertz CT molecular complexity index is 625. The number of hydrogen-bond acceptors (Lipinski definition) is 3. The standard InChI is InChI=1S/C15H19FN4S.HI/c1-10-14(21-11(2)20-10)9-19-15(17-3)18-8-12-4-6-13(16)7-5-12;/h4-7H,8-9H2,1-3H3,(H2,17,18,19);1H. The van der Waals surface area contributed by atoms with Crippen LogP contribution in [0.25, 0.3) is 0 Å². The van der Waals surface area contributed by atoms with Crippen LogP contribution in [0.1, 0.15) is 21.1 Å². The molecule has 1 aromatic heterocycles. The fourth-order valence-corrected chi connectivity index (χ4v) is 2.79. The molecule has 2 aromatic rings. The lowest BCUT2D eigenvalue weighted by atomic mass is 10.2. The van der Waals surface area contributed by atoms with E-state index in [1.165, 1.54) is 17.0 Å². The lowest BCUT2D eigenvalue weighted by Gasteiger charge is -2.11. The molecule has 0 saturated heterocycles. The van der Waals surface area contributed by atoms with Gasteiger partial charge in [-0.15, -0.1) is 35.3 Å². The number of aliphatic imine (C=N–C) groups is 1. The molecule has 0 aliphatic heterocycles. The van der Waals surface area contributed by atoms with E-state index >= 15 is 0 Å². The maximum absolute atomic E-state index is 12.8. The van der Waals surface area contributed by atoms with Gasteiger partial charge in [-0.05, 0) is 31.5 Å². The monoisotopic (exact) mass is 434 g/mol. The Balaban J connectivity index is 0.00000242. The Morgan fingerprint density at radius 1 is 1.18 bits per heavy atom. The van der Waals surface area contributed by atoms with Crippen LogP contribution in [0.2, 0.25) is 0 Å². The maximum Gasteiger partial charge on any atom is 0.191 e. The van der Waals surface area contributed by atoms with Gasteiger partial charge in [0.25, 0.3) is 0 Å². The third-order valence-electron chi connectivity index (χ3n) is 3.01. The summed E-state index contributed by atoms with van der Waals surface area (Å²) in [6.07, 6.45) is 0. The van der Waals surface area contributed by atoms with Gasteiger partial charge in [0, 0.05) is 18.5 Å². The van der Waals surface area contributed by atoms with E-state index < -0.39 is 0 Å². The second-order valence-corrected chi connectivity index (χ2v) is 5.94. The highest BCUT2D eigenvalue weighted by Gasteiger charge is 2.05. The fourth-order valence-electron chi connectivity index (χ4n) is 1.91. The van der Waals surface area contributed by atoms with Crippen molar-refractivity contribution in [3.63, 3.8) is 0 Å². The first kappa shape index (κ1) is 18.8. The molecule has 0 aliphatic rings. The first-order valence-electron chi connectivity index (χ1n) is 6.70. The molecule has 0 bridgehead atoms. The molecule has 0 aliphatic carbocycles. The van der Waals surface area contributed by atoms with Crippen molar-refractivity contribution in [1.29, 1.82) is 0 Å². The molecule has 120 valence electrons. The topological polar surface area (TPSA) is 49.3 Å². The molecular weight excluding hydrogens is 414 g/mol. The van der Waals surface area contributed by atoms with Crippen molar-refractivity contribution >= 4 is 41.3 Å². The zero-order valence-corrected chi connectivity index (χ0v) is 16.0. The van der Waals surface area contributed by atoms with E-state index in [9.17, 15) is 4.39 Å². The molecule has 2 rings (SSSR count). The lowest BCUT2D eigenvalue weighted by molar-refractivity contribution is 0.626. The van der Waals surface area contributed by atoms with Gasteiger partial charge >= 0.3 is 0 Å². The van der Waals surface area contributed by atoms with E-state index in [0.717, 1.165) is 16.3 Å². The quantitative estimate of drug-likeness (QED) is 0.441. The normalized spacial score (nSPS) is 11.0. The molecule has 0 fully saturated rings. The van der Waals surface area contributed by atoms with Gasteiger partial charge in [0.2, 0.25) is 0 Å². The van der Waals surface area contributed by atoms with Crippen LogP contribution >= 0.6 is 35.3 Å². The van der Waals surface area contributed by atoms with Gasteiger partial charge in [-0.2, -0.15) is 0 Å². The van der Waals surface area contributed by atoms with E-state index in [2.05, 4.69) is 20.6 Å². The molecule has 1 aromatic carbocycles. The number of aryl methyl sites for hydroxylation is 2. The number of hydrogen-bond donors (Lipinski definition) is 2. The Hall–Kier alpha value is -1.22. The highest BCUT2D eigenvalue weighted by atomic mass is 127. The van der Waals surface area contributed by atoms with Gasteiger partial charge in [0.15, 0.2) is 5.96 Å². The van der Waals surface area contributed by atoms with Crippen LogP contribution in [0.4, 0.5) is 4.39 Å². The number of nitrogens with one attached hydrogen (secondary N) is 2. The summed E-state index contributed by atoms with van der Waals surface area (Å²) < 4.78 is 12.8. The van der Waals surface area contributed by atoms with Gasteiger partial charge in [0.1, 0.15) is 5.82 Å². The largest absolute Gasteiger partial charge is 0.352 e. The molecule has 0 atom stereocenters. The summed E-state index contributed by atoms with van der Waals surface area (Å²) >= 11 is 1.68. The maximum atomic E-state index is 12.8. The van der Waals surface area contributed by atoms with Crippen LogP contribution in [0, 0.1) is 19.7 Å². The number of aromatic nitrogens is 1. The van der Waals surface area contributed by atoms with E-state index in [-0.39, 0.29) is 29.8 Å². The average Bonchev–Trinajstić information content (AvgIpc) is 2.79. The minimum absolute atomic E-state index is 0. The predicted molar refractivity (Wildman–Crippen MR) is 100 cm³/mol. The van der Waals surface area contributed by atoms with Crippen LogP contribution < -0.4 is 10.6 Å². The zero-order chi connectivity index (χ0) is 15.2. The lowest BCUT2D eigenvalue weighted by Crippen LogP contribution is -2.36. The molecule has 0 spiro atoms. The summed E-state index contributed by atoms with van der Waals surface area (Å²) in [5.74, 6) is 0.488. The van der Waals surface area contributed by atoms with Crippen molar-refractivity contribution < 1.29 is 4.39 Å². The Kier molecular flexibility index (Phi) is 7.74. The summed E-state index contributed by atoms with van der Waals surface area (Å²) in [7, 11) is 1.73. The summed E-state index contributed by atoms with van der Waals surface area (Å²) in [6, 6.07) is 6.42. The van der Waals surface area contributed by atoms with E-state index in [0.29, 0.717) is 19.0 Å².